The minimum atomic E-state index is 0.384. The van der Waals surface area contributed by atoms with Crippen LogP contribution in [-0.2, 0) is 0 Å². The molecule has 0 fully saturated rings. The molecule has 1 N–H and O–H groups in total. The van der Waals surface area contributed by atoms with Gasteiger partial charge in [-0.3, -0.25) is 0 Å². The van der Waals surface area contributed by atoms with E-state index in [1.165, 1.54) is 17.7 Å². The molecule has 1 unspecified atom stereocenters. The topological polar surface area (TPSA) is 15.3 Å². The molecule has 0 aliphatic carbocycles. The van der Waals surface area contributed by atoms with Gasteiger partial charge < -0.3 is 10.2 Å². The maximum atomic E-state index is 3.59. The Balaban J connectivity index is 2.92. The van der Waals surface area contributed by atoms with Gasteiger partial charge in [0.1, 0.15) is 0 Å². The van der Waals surface area contributed by atoms with Crippen molar-refractivity contribution in [1.29, 1.82) is 0 Å². The molecule has 1 atom stereocenters. The molecule has 0 aromatic heterocycles. The van der Waals surface area contributed by atoms with Gasteiger partial charge >= 0.3 is 0 Å². The molecule has 0 radical (unpaired) electrons. The fraction of sp³-hybridized carbons (Fsp3) is 0.625. The van der Waals surface area contributed by atoms with Crippen LogP contribution in [0.4, 0.5) is 5.69 Å². The van der Waals surface area contributed by atoms with Crippen molar-refractivity contribution in [3.8, 4) is 0 Å². The van der Waals surface area contributed by atoms with E-state index in [0.29, 0.717) is 6.04 Å². The lowest BCUT2D eigenvalue weighted by atomic mass is 10.0. The van der Waals surface area contributed by atoms with Gasteiger partial charge in [-0.15, -0.1) is 0 Å². The number of anilines is 1. The van der Waals surface area contributed by atoms with Crippen LogP contribution in [-0.4, -0.2) is 20.1 Å². The van der Waals surface area contributed by atoms with Gasteiger partial charge in [0.05, 0.1) is 0 Å². The van der Waals surface area contributed by atoms with Crippen LogP contribution in [0.2, 0.25) is 0 Å². The summed E-state index contributed by atoms with van der Waals surface area (Å²) >= 11 is 3.59. The Bertz CT molecular complexity index is 390. The van der Waals surface area contributed by atoms with Crippen LogP contribution in [0.5, 0.6) is 0 Å². The van der Waals surface area contributed by atoms with Crippen molar-refractivity contribution >= 4 is 21.6 Å². The zero-order chi connectivity index (χ0) is 14.4. The summed E-state index contributed by atoms with van der Waals surface area (Å²) in [5.41, 5.74) is 2.69. The average Bonchev–Trinajstić information content (AvgIpc) is 2.36. The van der Waals surface area contributed by atoms with Crippen LogP contribution >= 0.6 is 15.9 Å². The molecule has 0 aliphatic rings. The average molecular weight is 327 g/mol. The first kappa shape index (κ1) is 16.5. The smallest absolute Gasteiger partial charge is 0.0423 e. The number of rotatable bonds is 7. The van der Waals surface area contributed by atoms with E-state index >= 15 is 0 Å². The minimum absolute atomic E-state index is 0.384. The Hall–Kier alpha value is -0.540. The molecule has 1 aromatic rings. The predicted octanol–water partition coefficient (Wildman–Crippen LogP) is 4.60. The summed E-state index contributed by atoms with van der Waals surface area (Å²) < 4.78 is 1.14. The summed E-state index contributed by atoms with van der Waals surface area (Å²) in [5, 5.41) is 3.50. The van der Waals surface area contributed by atoms with E-state index < -0.39 is 0 Å². The standard InChI is InChI=1S/C16H27BrN2/c1-6-18-13(4)15-8-7-14(17)11-16(15)19(5)10-9-12(2)3/h7-8,11-13,18H,6,9-10H2,1-5H3. The van der Waals surface area contributed by atoms with Crippen LogP contribution in [0, 0.1) is 5.92 Å². The maximum Gasteiger partial charge on any atom is 0.0423 e. The summed E-state index contributed by atoms with van der Waals surface area (Å²) in [6, 6.07) is 6.96. The Morgan fingerprint density at radius 3 is 2.53 bits per heavy atom. The van der Waals surface area contributed by atoms with E-state index in [9.17, 15) is 0 Å². The normalized spacial score (nSPS) is 12.8. The molecule has 0 bridgehead atoms. The fourth-order valence-electron chi connectivity index (χ4n) is 2.20. The highest BCUT2D eigenvalue weighted by Gasteiger charge is 2.13. The molecule has 3 heteroatoms. The lowest BCUT2D eigenvalue weighted by Gasteiger charge is -2.26. The van der Waals surface area contributed by atoms with E-state index in [0.717, 1.165) is 23.5 Å². The van der Waals surface area contributed by atoms with Gasteiger partial charge in [-0.2, -0.15) is 0 Å². The number of nitrogens with one attached hydrogen (secondary N) is 1. The fourth-order valence-corrected chi connectivity index (χ4v) is 2.55. The zero-order valence-electron chi connectivity index (χ0n) is 12.8. The first-order valence-electron chi connectivity index (χ1n) is 7.19. The maximum absolute atomic E-state index is 3.59. The van der Waals surface area contributed by atoms with Gasteiger partial charge in [0.25, 0.3) is 0 Å². The second-order valence-electron chi connectivity index (χ2n) is 5.59. The van der Waals surface area contributed by atoms with Crippen molar-refractivity contribution in [2.45, 2.75) is 40.2 Å². The summed E-state index contributed by atoms with van der Waals surface area (Å²) in [4.78, 5) is 2.37. The second kappa shape index (κ2) is 7.91. The highest BCUT2D eigenvalue weighted by atomic mass is 79.9. The summed E-state index contributed by atoms with van der Waals surface area (Å²) in [5.74, 6) is 0.740. The van der Waals surface area contributed by atoms with Gasteiger partial charge in [0.15, 0.2) is 0 Å². The Labute approximate surface area is 126 Å². The lowest BCUT2D eigenvalue weighted by molar-refractivity contribution is 0.576. The highest BCUT2D eigenvalue weighted by Crippen LogP contribution is 2.29. The lowest BCUT2D eigenvalue weighted by Crippen LogP contribution is -2.25. The zero-order valence-corrected chi connectivity index (χ0v) is 14.4. The van der Waals surface area contributed by atoms with Crippen molar-refractivity contribution in [3.63, 3.8) is 0 Å². The van der Waals surface area contributed by atoms with Crippen molar-refractivity contribution in [3.05, 3.63) is 28.2 Å². The van der Waals surface area contributed by atoms with Gasteiger partial charge in [-0.1, -0.05) is 42.8 Å². The van der Waals surface area contributed by atoms with Gasteiger partial charge in [-0.05, 0) is 43.5 Å². The molecule has 0 saturated carbocycles. The highest BCUT2D eigenvalue weighted by molar-refractivity contribution is 9.10. The number of halogens is 1. The van der Waals surface area contributed by atoms with Crippen LogP contribution < -0.4 is 10.2 Å². The molecule has 0 heterocycles. The minimum Gasteiger partial charge on any atom is -0.374 e. The first-order chi connectivity index (χ1) is 8.95. The second-order valence-corrected chi connectivity index (χ2v) is 6.50. The summed E-state index contributed by atoms with van der Waals surface area (Å²) in [7, 11) is 2.19. The van der Waals surface area contributed by atoms with Crippen LogP contribution in [0.15, 0.2) is 22.7 Å². The quantitative estimate of drug-likeness (QED) is 0.787. The van der Waals surface area contributed by atoms with Crippen LogP contribution in [0.3, 0.4) is 0 Å². The van der Waals surface area contributed by atoms with Crippen LogP contribution in [0.25, 0.3) is 0 Å². The van der Waals surface area contributed by atoms with E-state index in [1.54, 1.807) is 0 Å². The van der Waals surface area contributed by atoms with Crippen molar-refractivity contribution in [1.82, 2.24) is 5.32 Å². The molecule has 0 aliphatic heterocycles. The molecule has 108 valence electrons. The molecular weight excluding hydrogens is 300 g/mol. The predicted molar refractivity (Wildman–Crippen MR) is 89.0 cm³/mol. The van der Waals surface area contributed by atoms with E-state index in [1.807, 2.05) is 0 Å². The first-order valence-corrected chi connectivity index (χ1v) is 7.99. The molecule has 0 spiro atoms. The van der Waals surface area contributed by atoms with E-state index in [2.05, 4.69) is 79.1 Å². The summed E-state index contributed by atoms with van der Waals surface area (Å²) in [6.07, 6.45) is 1.22. The SMILES string of the molecule is CCNC(C)c1ccc(Br)cc1N(C)CCC(C)C. The molecule has 1 aromatic carbocycles. The Kier molecular flexibility index (Phi) is 6.87. The third-order valence-corrected chi connectivity index (χ3v) is 3.92. The molecule has 2 nitrogen and oxygen atoms in total. The van der Waals surface area contributed by atoms with Gasteiger partial charge in [0.2, 0.25) is 0 Å². The van der Waals surface area contributed by atoms with E-state index in [-0.39, 0.29) is 0 Å². The summed E-state index contributed by atoms with van der Waals surface area (Å²) in [6.45, 7) is 11.0. The Morgan fingerprint density at radius 1 is 1.26 bits per heavy atom. The third-order valence-electron chi connectivity index (χ3n) is 3.42. The Morgan fingerprint density at radius 2 is 1.95 bits per heavy atom. The van der Waals surface area contributed by atoms with Crippen LogP contribution in [0.1, 0.15) is 45.7 Å². The molecule has 0 amide bonds. The molecule has 0 saturated heterocycles. The number of hydrogen-bond acceptors (Lipinski definition) is 2. The molecular formula is C16H27BrN2. The van der Waals surface area contributed by atoms with Crippen molar-refractivity contribution < 1.29 is 0 Å². The largest absolute Gasteiger partial charge is 0.374 e. The number of benzene rings is 1. The third kappa shape index (κ3) is 5.15. The molecule has 19 heavy (non-hydrogen) atoms. The van der Waals surface area contributed by atoms with Crippen molar-refractivity contribution in [2.75, 3.05) is 25.0 Å². The number of hydrogen-bond donors (Lipinski definition) is 1. The van der Waals surface area contributed by atoms with Gasteiger partial charge in [-0.25, -0.2) is 0 Å². The monoisotopic (exact) mass is 326 g/mol. The molecule has 1 rings (SSSR count). The van der Waals surface area contributed by atoms with Crippen molar-refractivity contribution in [2.24, 2.45) is 5.92 Å². The number of nitrogens with zero attached hydrogens (tertiary/aromatic N) is 1. The van der Waals surface area contributed by atoms with E-state index in [4.69, 9.17) is 0 Å². The van der Waals surface area contributed by atoms with Gasteiger partial charge in [0, 0.05) is 29.8 Å².